The van der Waals surface area contributed by atoms with E-state index in [4.69, 9.17) is 16.3 Å². The minimum atomic E-state index is -0.0363. The lowest BCUT2D eigenvalue weighted by atomic mass is 10.0. The molecule has 2 aromatic carbocycles. The normalized spacial score (nSPS) is 13.3. The Kier molecular flexibility index (Phi) is 4.63. The van der Waals surface area contributed by atoms with Gasteiger partial charge >= 0.3 is 0 Å². The molecule has 0 aliphatic carbocycles. The van der Waals surface area contributed by atoms with Crippen molar-refractivity contribution in [3.8, 4) is 17.0 Å². The molecule has 0 atom stereocenters. The van der Waals surface area contributed by atoms with Crippen molar-refractivity contribution in [2.45, 2.75) is 13.0 Å². The van der Waals surface area contributed by atoms with Crippen LogP contribution in [0.5, 0.6) is 5.75 Å². The highest BCUT2D eigenvalue weighted by Gasteiger charge is 2.25. The monoisotopic (exact) mass is 367 g/mol. The second-order valence-corrected chi connectivity index (χ2v) is 6.64. The first kappa shape index (κ1) is 16.7. The number of carbonyl (C=O) groups is 1. The van der Waals surface area contributed by atoms with Crippen LogP contribution in [0.25, 0.3) is 11.3 Å². The Morgan fingerprint density at radius 1 is 1.15 bits per heavy atom. The molecule has 2 heterocycles. The molecule has 1 aromatic heterocycles. The van der Waals surface area contributed by atoms with Crippen molar-refractivity contribution in [1.29, 1.82) is 0 Å². The molecule has 0 saturated heterocycles. The maximum Gasteiger partial charge on any atom is 0.260 e. The number of amides is 1. The van der Waals surface area contributed by atoms with Crippen molar-refractivity contribution in [3.63, 3.8) is 0 Å². The zero-order valence-corrected chi connectivity index (χ0v) is 14.9. The second kappa shape index (κ2) is 7.22. The topological polar surface area (TPSA) is 58.2 Å². The molecule has 0 fully saturated rings. The largest absolute Gasteiger partial charge is 0.484 e. The van der Waals surface area contributed by atoms with Gasteiger partial charge in [-0.05, 0) is 24.3 Å². The molecule has 0 radical (unpaired) electrons. The van der Waals surface area contributed by atoms with Gasteiger partial charge in [0.15, 0.2) is 6.61 Å². The first-order valence-corrected chi connectivity index (χ1v) is 8.86. The number of ether oxygens (including phenoxy) is 1. The number of fused-ring (bicyclic) bond motifs is 1. The van der Waals surface area contributed by atoms with Crippen LogP contribution in [0.1, 0.15) is 11.3 Å². The lowest BCUT2D eigenvalue weighted by Crippen LogP contribution is -2.38. The van der Waals surface area contributed by atoms with Crippen LogP contribution in [-0.4, -0.2) is 34.2 Å². The number of H-pyrrole nitrogens is 1. The first-order chi connectivity index (χ1) is 12.7. The Labute approximate surface area is 156 Å². The molecule has 0 saturated carbocycles. The van der Waals surface area contributed by atoms with Gasteiger partial charge < -0.3 is 9.64 Å². The molecule has 6 heteroatoms. The van der Waals surface area contributed by atoms with Gasteiger partial charge in [-0.2, -0.15) is 5.10 Å². The molecule has 1 aliphatic rings. The highest BCUT2D eigenvalue weighted by Crippen LogP contribution is 2.28. The quantitative estimate of drug-likeness (QED) is 0.765. The fourth-order valence-corrected chi connectivity index (χ4v) is 3.24. The number of carbonyl (C=O) groups excluding carboxylic acids is 1. The van der Waals surface area contributed by atoms with E-state index in [1.165, 1.54) is 0 Å². The first-order valence-electron chi connectivity index (χ1n) is 8.48. The maximum atomic E-state index is 12.6. The van der Waals surface area contributed by atoms with Gasteiger partial charge in [-0.25, -0.2) is 0 Å². The molecule has 0 bridgehead atoms. The zero-order valence-electron chi connectivity index (χ0n) is 14.1. The summed E-state index contributed by atoms with van der Waals surface area (Å²) < 4.78 is 5.59. The standard InChI is InChI=1S/C20H18ClN3O2/c21-15-6-8-16(9-7-15)26-13-19(25)24-11-10-18-17(12-24)20(23-22-18)14-4-2-1-3-5-14/h1-9H,10-13H2,(H,22,23). The van der Waals surface area contributed by atoms with Crippen LogP contribution in [0.15, 0.2) is 54.6 Å². The lowest BCUT2D eigenvalue weighted by Gasteiger charge is -2.27. The van der Waals surface area contributed by atoms with E-state index >= 15 is 0 Å². The smallest absolute Gasteiger partial charge is 0.260 e. The van der Waals surface area contributed by atoms with Gasteiger partial charge in [0.25, 0.3) is 5.91 Å². The number of halogens is 1. The summed E-state index contributed by atoms with van der Waals surface area (Å²) in [6.45, 7) is 1.21. The lowest BCUT2D eigenvalue weighted by molar-refractivity contribution is -0.134. The van der Waals surface area contributed by atoms with E-state index < -0.39 is 0 Å². The Hall–Kier alpha value is -2.79. The molecule has 3 aromatic rings. The number of rotatable bonds is 4. The van der Waals surface area contributed by atoms with E-state index in [9.17, 15) is 4.79 Å². The number of aromatic amines is 1. The summed E-state index contributed by atoms with van der Waals surface area (Å²) in [5.74, 6) is 0.597. The van der Waals surface area contributed by atoms with Crippen molar-refractivity contribution < 1.29 is 9.53 Å². The maximum absolute atomic E-state index is 12.6. The molecule has 1 amide bonds. The van der Waals surface area contributed by atoms with Crippen LogP contribution >= 0.6 is 11.6 Å². The van der Waals surface area contributed by atoms with Crippen molar-refractivity contribution in [3.05, 3.63) is 70.9 Å². The van der Waals surface area contributed by atoms with E-state index in [-0.39, 0.29) is 12.5 Å². The number of benzene rings is 2. The molecular weight excluding hydrogens is 350 g/mol. The van der Waals surface area contributed by atoms with Gasteiger partial charge in [-0.15, -0.1) is 0 Å². The SMILES string of the molecule is O=C(COc1ccc(Cl)cc1)N1CCc2[nH]nc(-c3ccccc3)c2C1. The molecule has 132 valence electrons. The molecular formula is C20H18ClN3O2. The molecule has 1 aliphatic heterocycles. The summed E-state index contributed by atoms with van der Waals surface area (Å²) in [6, 6.07) is 17.0. The predicted octanol–water partition coefficient (Wildman–Crippen LogP) is 3.69. The van der Waals surface area contributed by atoms with Gasteiger partial charge in [-0.1, -0.05) is 41.9 Å². The summed E-state index contributed by atoms with van der Waals surface area (Å²) in [6.07, 6.45) is 0.766. The Balaban J connectivity index is 1.45. The van der Waals surface area contributed by atoms with E-state index in [0.29, 0.717) is 23.9 Å². The highest BCUT2D eigenvalue weighted by atomic mass is 35.5. The molecule has 26 heavy (non-hydrogen) atoms. The molecule has 0 spiro atoms. The third-order valence-electron chi connectivity index (χ3n) is 4.51. The third-order valence-corrected chi connectivity index (χ3v) is 4.76. The van der Waals surface area contributed by atoms with Crippen LogP contribution in [0.3, 0.4) is 0 Å². The van der Waals surface area contributed by atoms with E-state index in [1.54, 1.807) is 24.3 Å². The zero-order chi connectivity index (χ0) is 17.9. The van der Waals surface area contributed by atoms with Crippen LogP contribution in [0.4, 0.5) is 0 Å². The highest BCUT2D eigenvalue weighted by molar-refractivity contribution is 6.30. The average molecular weight is 368 g/mol. The number of aromatic nitrogens is 2. The van der Waals surface area contributed by atoms with Gasteiger partial charge in [0.1, 0.15) is 5.75 Å². The number of hydrogen-bond donors (Lipinski definition) is 1. The minimum Gasteiger partial charge on any atom is -0.484 e. The minimum absolute atomic E-state index is 0.00941. The van der Waals surface area contributed by atoms with Crippen LogP contribution in [0, 0.1) is 0 Å². The van der Waals surface area contributed by atoms with Crippen molar-refractivity contribution >= 4 is 17.5 Å². The molecule has 4 rings (SSSR count). The number of nitrogens with zero attached hydrogens (tertiary/aromatic N) is 2. The summed E-state index contributed by atoms with van der Waals surface area (Å²) in [7, 11) is 0. The van der Waals surface area contributed by atoms with Crippen LogP contribution in [0.2, 0.25) is 5.02 Å². The van der Waals surface area contributed by atoms with Crippen molar-refractivity contribution in [2.24, 2.45) is 0 Å². The van der Waals surface area contributed by atoms with Crippen molar-refractivity contribution in [1.82, 2.24) is 15.1 Å². The summed E-state index contributed by atoms with van der Waals surface area (Å²) in [5.41, 5.74) is 4.15. The average Bonchev–Trinajstić information content (AvgIpc) is 3.11. The van der Waals surface area contributed by atoms with E-state index in [0.717, 1.165) is 28.9 Å². The van der Waals surface area contributed by atoms with Gasteiger partial charge in [0.05, 0.1) is 5.69 Å². The Morgan fingerprint density at radius 2 is 1.92 bits per heavy atom. The predicted molar refractivity (Wildman–Crippen MR) is 100 cm³/mol. The van der Waals surface area contributed by atoms with Crippen LogP contribution < -0.4 is 4.74 Å². The second-order valence-electron chi connectivity index (χ2n) is 6.20. The van der Waals surface area contributed by atoms with Crippen LogP contribution in [-0.2, 0) is 17.8 Å². The van der Waals surface area contributed by atoms with Crippen molar-refractivity contribution in [2.75, 3.05) is 13.2 Å². The van der Waals surface area contributed by atoms with Gasteiger partial charge in [0, 0.05) is 41.4 Å². The summed E-state index contributed by atoms with van der Waals surface area (Å²) >= 11 is 5.86. The van der Waals surface area contributed by atoms with E-state index in [1.807, 2.05) is 35.2 Å². The van der Waals surface area contributed by atoms with Gasteiger partial charge in [0.2, 0.25) is 0 Å². The molecule has 1 N–H and O–H groups in total. The Bertz CT molecular complexity index is 907. The molecule has 0 unspecified atom stereocenters. The number of hydrogen-bond acceptors (Lipinski definition) is 3. The number of nitrogens with one attached hydrogen (secondary N) is 1. The molecule has 5 nitrogen and oxygen atoms in total. The van der Waals surface area contributed by atoms with E-state index in [2.05, 4.69) is 10.2 Å². The fraction of sp³-hybridized carbons (Fsp3) is 0.200. The summed E-state index contributed by atoms with van der Waals surface area (Å²) in [4.78, 5) is 14.4. The third kappa shape index (κ3) is 3.44. The Morgan fingerprint density at radius 3 is 2.69 bits per heavy atom. The fourth-order valence-electron chi connectivity index (χ4n) is 3.11. The summed E-state index contributed by atoms with van der Waals surface area (Å²) in [5, 5.41) is 8.21. The van der Waals surface area contributed by atoms with Gasteiger partial charge in [-0.3, -0.25) is 9.89 Å².